The average molecular weight is 816 g/mol. The fourth-order valence-electron chi connectivity index (χ4n) is 8.86. The number of amides is 8. The minimum Gasteiger partial charge on any atom is -0.482 e. The fourth-order valence-corrected chi connectivity index (χ4v) is 8.86. The van der Waals surface area contributed by atoms with Crippen molar-refractivity contribution in [1.82, 2.24) is 25.3 Å². The van der Waals surface area contributed by atoms with E-state index >= 15 is 0 Å². The van der Waals surface area contributed by atoms with E-state index in [1.165, 1.54) is 0 Å². The molecular weight excluding hydrogens is 771 g/mol. The number of ether oxygens (including phenoxy) is 1. The first-order chi connectivity index (χ1) is 29.0. The van der Waals surface area contributed by atoms with Gasteiger partial charge in [-0.05, 0) is 99.0 Å². The highest BCUT2D eigenvalue weighted by molar-refractivity contribution is 6.23. The molecular formula is C44H45N7O9. The molecule has 16 nitrogen and oxygen atoms in total. The zero-order valence-corrected chi connectivity index (χ0v) is 32.9. The van der Waals surface area contributed by atoms with E-state index in [-0.39, 0.29) is 72.2 Å². The van der Waals surface area contributed by atoms with Crippen molar-refractivity contribution in [2.45, 2.75) is 76.0 Å². The van der Waals surface area contributed by atoms with Gasteiger partial charge in [-0.15, -0.1) is 0 Å². The number of carbonyl (C=O) groups is 8. The van der Waals surface area contributed by atoms with Crippen molar-refractivity contribution >= 4 is 58.6 Å². The van der Waals surface area contributed by atoms with Crippen LogP contribution in [0.15, 0.2) is 60.7 Å². The molecule has 3 saturated heterocycles. The van der Waals surface area contributed by atoms with Crippen LogP contribution >= 0.6 is 0 Å². The molecule has 0 bridgehead atoms. The summed E-state index contributed by atoms with van der Waals surface area (Å²) < 4.78 is 5.51. The van der Waals surface area contributed by atoms with Gasteiger partial charge in [0.25, 0.3) is 29.5 Å². The first kappa shape index (κ1) is 38.9. The molecule has 3 aromatic rings. The lowest BCUT2D eigenvalue weighted by Crippen LogP contribution is -2.54. The van der Waals surface area contributed by atoms with Gasteiger partial charge < -0.3 is 30.1 Å². The molecule has 5 aliphatic heterocycles. The smallest absolute Gasteiger partial charge is 0.262 e. The maximum atomic E-state index is 13.6. The van der Waals surface area contributed by atoms with Gasteiger partial charge in [-0.3, -0.25) is 48.6 Å². The number of piperidine rings is 3. The number of hydrogen-bond donors (Lipinski definition) is 3. The summed E-state index contributed by atoms with van der Waals surface area (Å²) >= 11 is 0. The predicted octanol–water partition coefficient (Wildman–Crippen LogP) is 2.86. The summed E-state index contributed by atoms with van der Waals surface area (Å²) in [6, 6.07) is 16.6. The van der Waals surface area contributed by atoms with Gasteiger partial charge in [0.1, 0.15) is 11.8 Å². The van der Waals surface area contributed by atoms with Crippen LogP contribution in [-0.4, -0.2) is 113 Å². The summed E-state index contributed by atoms with van der Waals surface area (Å²) in [6.07, 6.45) is 4.52. The molecule has 310 valence electrons. The average Bonchev–Trinajstić information content (AvgIpc) is 4.08. The number of anilines is 2. The summed E-state index contributed by atoms with van der Waals surface area (Å²) in [7, 11) is 0. The number of likely N-dealkylation sites (tertiary alicyclic amines) is 1. The zero-order chi connectivity index (χ0) is 41.7. The maximum Gasteiger partial charge on any atom is 0.262 e. The summed E-state index contributed by atoms with van der Waals surface area (Å²) in [5, 5.41) is 8.18. The van der Waals surface area contributed by atoms with Crippen molar-refractivity contribution < 1.29 is 43.1 Å². The molecule has 6 aliphatic rings. The van der Waals surface area contributed by atoms with Gasteiger partial charge in [0.05, 0.1) is 16.8 Å². The second-order valence-electron chi connectivity index (χ2n) is 16.4. The highest BCUT2D eigenvalue weighted by Gasteiger charge is 2.45. The summed E-state index contributed by atoms with van der Waals surface area (Å²) in [6.45, 7) is 2.51. The van der Waals surface area contributed by atoms with Crippen molar-refractivity contribution in [3.63, 3.8) is 0 Å². The Morgan fingerprint density at radius 2 is 1.45 bits per heavy atom. The molecule has 8 amide bonds. The molecule has 1 atom stereocenters. The molecule has 60 heavy (non-hydrogen) atoms. The van der Waals surface area contributed by atoms with Crippen molar-refractivity contribution in [2.75, 3.05) is 43.0 Å². The van der Waals surface area contributed by atoms with Crippen LogP contribution < -0.4 is 25.6 Å². The Morgan fingerprint density at radius 3 is 2.17 bits per heavy atom. The van der Waals surface area contributed by atoms with Gasteiger partial charge in [-0.2, -0.15) is 0 Å². The second-order valence-corrected chi connectivity index (χ2v) is 16.4. The van der Waals surface area contributed by atoms with E-state index in [1.807, 2.05) is 17.0 Å². The molecule has 1 saturated carbocycles. The van der Waals surface area contributed by atoms with Gasteiger partial charge >= 0.3 is 0 Å². The van der Waals surface area contributed by atoms with Crippen LogP contribution in [0, 0.1) is 5.92 Å². The molecule has 0 radical (unpaired) electrons. The highest BCUT2D eigenvalue weighted by Crippen LogP contribution is 2.34. The van der Waals surface area contributed by atoms with E-state index in [0.29, 0.717) is 81.0 Å². The molecule has 0 spiro atoms. The van der Waals surface area contributed by atoms with E-state index in [2.05, 4.69) is 20.9 Å². The number of nitrogens with zero attached hydrogens (tertiary/aromatic N) is 4. The van der Waals surface area contributed by atoms with Crippen LogP contribution in [0.5, 0.6) is 5.75 Å². The predicted molar refractivity (Wildman–Crippen MR) is 215 cm³/mol. The maximum absolute atomic E-state index is 13.6. The van der Waals surface area contributed by atoms with Crippen LogP contribution in [0.3, 0.4) is 0 Å². The third-order valence-electron chi connectivity index (χ3n) is 12.4. The van der Waals surface area contributed by atoms with E-state index < -0.39 is 29.7 Å². The summed E-state index contributed by atoms with van der Waals surface area (Å²) in [4.78, 5) is 109. The summed E-state index contributed by atoms with van der Waals surface area (Å²) in [5.41, 5.74) is 3.75. The normalized spacial score (nSPS) is 20.8. The van der Waals surface area contributed by atoms with Crippen molar-refractivity contribution in [3.8, 4) is 5.75 Å². The Labute approximate surface area is 345 Å². The van der Waals surface area contributed by atoms with Gasteiger partial charge in [-0.25, -0.2) is 0 Å². The number of hydrogen-bond acceptors (Lipinski definition) is 10. The van der Waals surface area contributed by atoms with Crippen molar-refractivity contribution in [1.29, 1.82) is 0 Å². The largest absolute Gasteiger partial charge is 0.482 e. The number of nitrogens with one attached hydrogen (secondary N) is 3. The second kappa shape index (κ2) is 15.9. The number of fused-ring (bicyclic) bond motifs is 2. The molecule has 1 aliphatic carbocycles. The van der Waals surface area contributed by atoms with Gasteiger partial charge in [0.2, 0.25) is 17.7 Å². The van der Waals surface area contributed by atoms with E-state index in [0.717, 1.165) is 29.0 Å². The van der Waals surface area contributed by atoms with Crippen LogP contribution in [0.2, 0.25) is 0 Å². The van der Waals surface area contributed by atoms with Crippen molar-refractivity contribution in [3.05, 3.63) is 88.5 Å². The first-order valence-electron chi connectivity index (χ1n) is 20.7. The lowest BCUT2D eigenvalue weighted by Gasteiger charge is -2.36. The Bertz CT molecular complexity index is 2310. The van der Waals surface area contributed by atoms with Crippen LogP contribution in [0.25, 0.3) is 0 Å². The Morgan fingerprint density at radius 1 is 0.733 bits per heavy atom. The number of benzene rings is 3. The van der Waals surface area contributed by atoms with E-state index in [1.54, 1.807) is 53.4 Å². The third-order valence-corrected chi connectivity index (χ3v) is 12.4. The topological polar surface area (TPSA) is 195 Å². The van der Waals surface area contributed by atoms with Gasteiger partial charge in [-0.1, -0.05) is 12.1 Å². The molecule has 3 N–H and O–H groups in total. The van der Waals surface area contributed by atoms with Crippen LogP contribution in [0.1, 0.15) is 98.4 Å². The zero-order valence-electron chi connectivity index (χ0n) is 32.9. The Balaban J connectivity index is 0.733. The molecule has 4 fully saturated rings. The quantitative estimate of drug-likeness (QED) is 0.271. The summed E-state index contributed by atoms with van der Waals surface area (Å²) in [5.74, 6) is -2.33. The monoisotopic (exact) mass is 815 g/mol. The van der Waals surface area contributed by atoms with Gasteiger partial charge in [0, 0.05) is 74.0 Å². The molecule has 5 heterocycles. The van der Waals surface area contributed by atoms with Crippen LogP contribution in [0.4, 0.5) is 11.4 Å². The van der Waals surface area contributed by atoms with E-state index in [9.17, 15) is 38.4 Å². The molecule has 9 rings (SSSR count). The molecule has 1 unspecified atom stereocenters. The Hall–Kier alpha value is -6.58. The first-order valence-corrected chi connectivity index (χ1v) is 20.7. The lowest BCUT2D eigenvalue weighted by molar-refractivity contribution is -0.136. The molecule has 16 heteroatoms. The lowest BCUT2D eigenvalue weighted by atomic mass is 9.94. The molecule has 0 aromatic heterocycles. The van der Waals surface area contributed by atoms with Gasteiger partial charge in [0.15, 0.2) is 6.61 Å². The minimum atomic E-state index is -1.02. The van der Waals surface area contributed by atoms with Crippen LogP contribution in [-0.2, 0) is 25.7 Å². The van der Waals surface area contributed by atoms with Crippen molar-refractivity contribution in [2.24, 2.45) is 5.92 Å². The number of imide groups is 2. The minimum absolute atomic E-state index is 0.00970. The third kappa shape index (κ3) is 7.69. The number of carbonyl (C=O) groups excluding carboxylic acids is 8. The van der Waals surface area contributed by atoms with E-state index in [4.69, 9.17) is 4.74 Å². The fraction of sp³-hybridized carbons (Fsp3) is 0.409. The SMILES string of the molecule is O=C1CCC(N2C(=O)c3ccc(N4CCC(NC(=O)C5CCN(C(=O)c6ccc(CN(C(=O)c7ccc8c(c7)OCC(=O)N8)C7CC7)cc6)CC5)CC4)cc3C2=O)C(=O)N1. The standard InChI is InChI=1S/C44H45N7O9/c52-37-12-11-35(40(55)47-37)51-43(58)32-9-8-31(22-33(32)44(51)59)48-19-15-29(16-20-48)45-39(54)26-13-17-49(18-14-26)41(56)27-3-1-25(2-4-27)23-50(30-6-7-30)42(57)28-5-10-34-36(21-28)60-24-38(53)46-34/h1-5,8-10,21-22,26,29-30,35H,6-7,11-20,23-24H2,(H,45,54)(H,46,53)(H,47,52,55). The highest BCUT2D eigenvalue weighted by atomic mass is 16.5. The number of rotatable bonds is 9. The Kier molecular flexibility index (Phi) is 10.3. The molecule has 3 aromatic carbocycles.